The van der Waals surface area contributed by atoms with Crippen molar-refractivity contribution in [1.82, 2.24) is 4.90 Å². The number of nitrogens with one attached hydrogen (secondary N) is 1. The Balaban J connectivity index is 1.75. The number of nitrogens with zero attached hydrogens (tertiary/aromatic N) is 3. The molecule has 1 aliphatic heterocycles. The molecule has 1 amide bonds. The van der Waals surface area contributed by atoms with Gasteiger partial charge in [0.25, 0.3) is 0 Å². The third kappa shape index (κ3) is 4.19. The van der Waals surface area contributed by atoms with Gasteiger partial charge in [-0.2, -0.15) is 0 Å². The van der Waals surface area contributed by atoms with Gasteiger partial charge in [0.1, 0.15) is 6.10 Å². The Morgan fingerprint density at radius 3 is 2.61 bits per heavy atom. The van der Waals surface area contributed by atoms with Crippen LogP contribution in [0.3, 0.4) is 0 Å². The predicted molar refractivity (Wildman–Crippen MR) is 115 cm³/mol. The number of amides is 1. The smallest absolute Gasteiger partial charge is 0.227 e. The maximum atomic E-state index is 12.8. The molecule has 1 aliphatic carbocycles. The summed E-state index contributed by atoms with van der Waals surface area (Å²) in [4.78, 5) is 21.1. The number of amidine groups is 1. The molecule has 28 heavy (non-hydrogen) atoms. The Kier molecular flexibility index (Phi) is 6.32. The van der Waals surface area contributed by atoms with Crippen LogP contribution in [0.5, 0.6) is 0 Å². The number of hydrogen-bond acceptors (Lipinski definition) is 7. The third-order valence-corrected chi connectivity index (χ3v) is 6.53. The highest BCUT2D eigenvalue weighted by atomic mass is 32.2. The van der Waals surface area contributed by atoms with Crippen LogP contribution < -0.4 is 10.2 Å². The minimum absolute atomic E-state index is 0.0554. The largest absolute Gasteiger partial charge is 0.390 e. The van der Waals surface area contributed by atoms with Crippen LogP contribution in [-0.4, -0.2) is 77.4 Å². The molecule has 1 heterocycles. The molecule has 1 aromatic rings. The number of carbonyl (C=O) groups is 1. The van der Waals surface area contributed by atoms with E-state index in [1.807, 2.05) is 43.3 Å². The molecule has 3 rings (SSSR count). The molecule has 0 aromatic heterocycles. The van der Waals surface area contributed by atoms with Crippen LogP contribution in [0, 0.1) is 5.92 Å². The Morgan fingerprint density at radius 2 is 2.00 bits per heavy atom. The number of thioether (sulfide) groups is 1. The summed E-state index contributed by atoms with van der Waals surface area (Å²) in [6, 6.07) is 7.43. The van der Waals surface area contributed by atoms with Gasteiger partial charge in [0.15, 0.2) is 5.17 Å². The average molecular weight is 405 g/mol. The molecule has 7 nitrogen and oxygen atoms in total. The zero-order chi connectivity index (χ0) is 20.4. The lowest BCUT2D eigenvalue weighted by molar-refractivity contribution is -0.138. The predicted octanol–water partition coefficient (Wildman–Crippen LogP) is 1.39. The SMILES string of the molecule is C=CCN(C)C(=O)C1CC(O)C(O)C2N=C(Nc3ccc(N(C)C)cc3)SC12. The van der Waals surface area contributed by atoms with Crippen molar-refractivity contribution < 1.29 is 15.0 Å². The molecular weight excluding hydrogens is 376 g/mol. The maximum Gasteiger partial charge on any atom is 0.227 e. The molecule has 0 radical (unpaired) electrons. The quantitative estimate of drug-likeness (QED) is 0.643. The van der Waals surface area contributed by atoms with E-state index in [9.17, 15) is 15.0 Å². The molecule has 5 unspecified atom stereocenters. The lowest BCUT2D eigenvalue weighted by Gasteiger charge is -2.38. The molecule has 3 N–H and O–H groups in total. The van der Waals surface area contributed by atoms with Crippen LogP contribution in [-0.2, 0) is 4.79 Å². The first-order chi connectivity index (χ1) is 13.3. The van der Waals surface area contributed by atoms with Gasteiger partial charge in [-0.25, -0.2) is 0 Å². The molecule has 1 aromatic carbocycles. The summed E-state index contributed by atoms with van der Waals surface area (Å²) in [5.74, 6) is -0.461. The Bertz CT molecular complexity index is 752. The first-order valence-corrected chi connectivity index (χ1v) is 10.2. The van der Waals surface area contributed by atoms with Crippen LogP contribution in [0.25, 0.3) is 0 Å². The van der Waals surface area contributed by atoms with E-state index >= 15 is 0 Å². The Morgan fingerprint density at radius 1 is 1.32 bits per heavy atom. The number of anilines is 2. The lowest BCUT2D eigenvalue weighted by Crippen LogP contribution is -2.54. The van der Waals surface area contributed by atoms with E-state index in [2.05, 4.69) is 16.9 Å². The lowest BCUT2D eigenvalue weighted by atomic mass is 9.80. The van der Waals surface area contributed by atoms with Crippen molar-refractivity contribution in [3.8, 4) is 0 Å². The molecule has 1 fully saturated rings. The fourth-order valence-electron chi connectivity index (χ4n) is 3.63. The van der Waals surface area contributed by atoms with Gasteiger partial charge in [0.2, 0.25) is 5.91 Å². The first-order valence-electron chi connectivity index (χ1n) is 9.32. The van der Waals surface area contributed by atoms with Crippen LogP contribution >= 0.6 is 11.8 Å². The van der Waals surface area contributed by atoms with Gasteiger partial charge in [-0.1, -0.05) is 17.8 Å². The van der Waals surface area contributed by atoms with Crippen LogP contribution in [0.4, 0.5) is 11.4 Å². The van der Waals surface area contributed by atoms with E-state index in [0.717, 1.165) is 11.4 Å². The van der Waals surface area contributed by atoms with E-state index in [1.165, 1.54) is 11.8 Å². The highest BCUT2D eigenvalue weighted by Crippen LogP contribution is 2.42. The standard InChI is InChI=1S/C20H28N4O3S/c1-5-10-24(4)19(27)14-11-15(25)17(26)16-18(14)28-20(22-16)21-12-6-8-13(9-7-12)23(2)3/h5-9,14-18,25-26H,1,10-11H2,2-4H3,(H,21,22). The Labute approximate surface area is 170 Å². The summed E-state index contributed by atoms with van der Waals surface area (Å²) >= 11 is 1.46. The number of likely N-dealkylation sites (N-methyl/N-ethyl adjacent to an activating group) is 1. The summed E-state index contributed by atoms with van der Waals surface area (Å²) in [7, 11) is 5.69. The van der Waals surface area contributed by atoms with Crippen molar-refractivity contribution in [2.45, 2.75) is 29.9 Å². The van der Waals surface area contributed by atoms with Crippen LogP contribution in [0.15, 0.2) is 41.9 Å². The first kappa shape index (κ1) is 20.7. The second-order valence-corrected chi connectivity index (χ2v) is 8.65. The van der Waals surface area contributed by atoms with E-state index in [0.29, 0.717) is 11.7 Å². The van der Waals surface area contributed by atoms with Crippen molar-refractivity contribution in [1.29, 1.82) is 0 Å². The summed E-state index contributed by atoms with van der Waals surface area (Å²) in [5.41, 5.74) is 1.98. The number of benzene rings is 1. The molecule has 0 bridgehead atoms. The number of rotatable bonds is 5. The van der Waals surface area contributed by atoms with Crippen LogP contribution in [0.2, 0.25) is 0 Å². The fourth-order valence-corrected chi connectivity index (χ4v) is 5.00. The molecule has 5 atom stereocenters. The number of aliphatic imine (C=N–C) groups is 1. The van der Waals surface area contributed by atoms with Crippen molar-refractivity contribution in [3.63, 3.8) is 0 Å². The van der Waals surface area contributed by atoms with E-state index in [1.54, 1.807) is 18.0 Å². The van der Waals surface area contributed by atoms with Gasteiger partial charge in [-0.3, -0.25) is 9.79 Å². The summed E-state index contributed by atoms with van der Waals surface area (Å²) in [6.45, 7) is 4.12. The minimum atomic E-state index is -0.971. The van der Waals surface area contributed by atoms with Gasteiger partial charge in [-0.15, -0.1) is 6.58 Å². The second-order valence-electron chi connectivity index (χ2n) is 7.48. The van der Waals surface area contributed by atoms with Crippen molar-refractivity contribution >= 4 is 34.2 Å². The van der Waals surface area contributed by atoms with Gasteiger partial charge >= 0.3 is 0 Å². The van der Waals surface area contributed by atoms with Crippen LogP contribution in [0.1, 0.15) is 6.42 Å². The number of fused-ring (bicyclic) bond motifs is 1. The molecule has 1 saturated carbocycles. The molecule has 0 saturated heterocycles. The number of aliphatic hydroxyl groups excluding tert-OH is 2. The highest BCUT2D eigenvalue weighted by molar-refractivity contribution is 8.15. The topological polar surface area (TPSA) is 88.4 Å². The van der Waals surface area contributed by atoms with Gasteiger partial charge in [0.05, 0.1) is 18.1 Å². The molecule has 152 valence electrons. The van der Waals surface area contributed by atoms with Crippen molar-refractivity contribution in [2.75, 3.05) is 37.9 Å². The summed E-state index contributed by atoms with van der Waals surface area (Å²) in [5, 5.41) is 24.4. The highest BCUT2D eigenvalue weighted by Gasteiger charge is 2.50. The zero-order valence-electron chi connectivity index (χ0n) is 16.4. The summed E-state index contributed by atoms with van der Waals surface area (Å²) < 4.78 is 0. The van der Waals surface area contributed by atoms with Crippen molar-refractivity contribution in [2.24, 2.45) is 10.9 Å². The Hall–Kier alpha value is -2.03. The zero-order valence-corrected chi connectivity index (χ0v) is 17.3. The monoisotopic (exact) mass is 404 g/mol. The van der Waals surface area contributed by atoms with E-state index in [4.69, 9.17) is 0 Å². The van der Waals surface area contributed by atoms with E-state index < -0.39 is 24.2 Å². The molecule has 2 aliphatic rings. The van der Waals surface area contributed by atoms with Gasteiger partial charge in [-0.05, 0) is 30.7 Å². The van der Waals surface area contributed by atoms with Gasteiger partial charge < -0.3 is 25.3 Å². The van der Waals surface area contributed by atoms with Gasteiger partial charge in [0, 0.05) is 44.3 Å². The number of carbonyl (C=O) groups excluding carboxylic acids is 1. The number of hydrogen-bond donors (Lipinski definition) is 3. The molecule has 8 heteroatoms. The summed E-state index contributed by atoms with van der Waals surface area (Å²) in [6.07, 6.45) is -0.0284. The minimum Gasteiger partial charge on any atom is -0.390 e. The van der Waals surface area contributed by atoms with E-state index in [-0.39, 0.29) is 17.6 Å². The molecular formula is C20H28N4O3S. The third-order valence-electron chi connectivity index (χ3n) is 5.22. The maximum absolute atomic E-state index is 12.8. The molecule has 0 spiro atoms. The fraction of sp³-hybridized carbons (Fsp3) is 0.500. The normalized spacial score (nSPS) is 28.9. The average Bonchev–Trinajstić information content (AvgIpc) is 3.08. The van der Waals surface area contributed by atoms with Crippen molar-refractivity contribution in [3.05, 3.63) is 36.9 Å². The second kappa shape index (κ2) is 8.55. The number of aliphatic hydroxyl groups is 2.